The molecule has 0 atom stereocenters. The summed E-state index contributed by atoms with van der Waals surface area (Å²) in [7, 11) is -1.35. The highest BCUT2D eigenvalue weighted by Crippen LogP contribution is 2.11. The van der Waals surface area contributed by atoms with Crippen molar-refractivity contribution < 1.29 is 13.2 Å². The van der Waals surface area contributed by atoms with Gasteiger partial charge >= 0.3 is 0 Å². The molecule has 0 N–H and O–H groups in total. The van der Waals surface area contributed by atoms with E-state index in [0.29, 0.717) is 18.9 Å². The second kappa shape index (κ2) is 5.69. The number of ether oxygens (including phenoxy) is 1. The Morgan fingerprint density at radius 2 is 2.06 bits per heavy atom. The first-order valence-corrected chi connectivity index (χ1v) is 6.74. The lowest BCUT2D eigenvalue weighted by Crippen LogP contribution is -2.39. The standard InChI is InChI=1S/C10H16N2O3S/c1-3-4-10(11-9-15-2)12-5-7-16(13,14)8-6-12/h3-4,9H,1,5-8H2,2H3/b10-4+,11-9-. The molecule has 0 spiro atoms. The molecule has 6 heteroatoms. The highest BCUT2D eigenvalue weighted by atomic mass is 32.2. The fourth-order valence-electron chi connectivity index (χ4n) is 1.38. The van der Waals surface area contributed by atoms with Gasteiger partial charge < -0.3 is 9.64 Å². The number of hydrogen-bond acceptors (Lipinski definition) is 5. The molecule has 0 aromatic heterocycles. The summed E-state index contributed by atoms with van der Waals surface area (Å²) in [6.45, 7) is 4.52. The van der Waals surface area contributed by atoms with Crippen LogP contribution in [0, 0.1) is 0 Å². The van der Waals surface area contributed by atoms with E-state index in [-0.39, 0.29) is 11.5 Å². The van der Waals surface area contributed by atoms with E-state index in [1.807, 2.05) is 4.90 Å². The summed E-state index contributed by atoms with van der Waals surface area (Å²) in [5, 5.41) is 0. The maximum absolute atomic E-state index is 11.3. The Morgan fingerprint density at radius 1 is 1.44 bits per heavy atom. The van der Waals surface area contributed by atoms with Crippen molar-refractivity contribution in [3.05, 3.63) is 24.6 Å². The Balaban J connectivity index is 2.71. The SMILES string of the molecule is C=C/C=C(\N=C/OC)N1CCS(=O)(=O)CC1. The molecule has 0 radical (unpaired) electrons. The van der Waals surface area contributed by atoms with Crippen LogP contribution >= 0.6 is 0 Å². The summed E-state index contributed by atoms with van der Waals surface area (Å²) in [6, 6.07) is 0. The lowest BCUT2D eigenvalue weighted by atomic mass is 10.4. The third-order valence-electron chi connectivity index (χ3n) is 2.23. The van der Waals surface area contributed by atoms with Gasteiger partial charge in [0.05, 0.1) is 18.6 Å². The topological polar surface area (TPSA) is 59.0 Å². The zero-order valence-corrected chi connectivity index (χ0v) is 10.1. The summed E-state index contributed by atoms with van der Waals surface area (Å²) in [6.07, 6.45) is 4.66. The van der Waals surface area contributed by atoms with Crippen molar-refractivity contribution in [3.8, 4) is 0 Å². The van der Waals surface area contributed by atoms with Gasteiger partial charge in [0.15, 0.2) is 16.2 Å². The molecule has 0 aromatic carbocycles. The lowest BCUT2D eigenvalue weighted by molar-refractivity contribution is 0.360. The molecule has 1 aliphatic rings. The number of aliphatic imine (C=N–C) groups is 1. The minimum Gasteiger partial charge on any atom is -0.486 e. The molecule has 0 amide bonds. The van der Waals surface area contributed by atoms with Crippen molar-refractivity contribution in [2.45, 2.75) is 0 Å². The third kappa shape index (κ3) is 3.69. The summed E-state index contributed by atoms with van der Waals surface area (Å²) in [5.74, 6) is 1.01. The van der Waals surface area contributed by atoms with E-state index < -0.39 is 9.84 Å². The maximum atomic E-state index is 11.3. The van der Waals surface area contributed by atoms with Crippen LogP contribution < -0.4 is 0 Å². The van der Waals surface area contributed by atoms with Gasteiger partial charge in [-0.1, -0.05) is 12.7 Å². The van der Waals surface area contributed by atoms with Gasteiger partial charge in [0.2, 0.25) is 0 Å². The van der Waals surface area contributed by atoms with Gasteiger partial charge in [-0.25, -0.2) is 13.4 Å². The number of methoxy groups -OCH3 is 1. The van der Waals surface area contributed by atoms with E-state index >= 15 is 0 Å². The molecule has 1 heterocycles. The molecule has 0 bridgehead atoms. The van der Waals surface area contributed by atoms with Crippen LogP contribution in [0.15, 0.2) is 29.5 Å². The fourth-order valence-corrected chi connectivity index (χ4v) is 2.58. The fraction of sp³-hybridized carbons (Fsp3) is 0.500. The number of allylic oxidation sites excluding steroid dienone is 2. The number of rotatable bonds is 4. The van der Waals surface area contributed by atoms with E-state index in [4.69, 9.17) is 4.74 Å². The van der Waals surface area contributed by atoms with Crippen LogP contribution in [0.2, 0.25) is 0 Å². The molecule has 1 aliphatic heterocycles. The maximum Gasteiger partial charge on any atom is 0.175 e. The van der Waals surface area contributed by atoms with Crippen LogP contribution in [-0.4, -0.2) is 51.4 Å². The largest absolute Gasteiger partial charge is 0.486 e. The first-order chi connectivity index (χ1) is 7.59. The molecule has 1 saturated heterocycles. The van der Waals surface area contributed by atoms with Crippen LogP contribution in [0.4, 0.5) is 0 Å². The second-order valence-corrected chi connectivity index (χ2v) is 5.67. The number of hydrogen-bond donors (Lipinski definition) is 0. The predicted molar refractivity (Wildman–Crippen MR) is 64.0 cm³/mol. The van der Waals surface area contributed by atoms with Crippen LogP contribution in [-0.2, 0) is 14.6 Å². The zero-order chi connectivity index (χ0) is 12.0. The van der Waals surface area contributed by atoms with Gasteiger partial charge in [-0.15, -0.1) is 0 Å². The molecular formula is C10H16N2O3S. The Morgan fingerprint density at radius 3 is 2.56 bits per heavy atom. The lowest BCUT2D eigenvalue weighted by Gasteiger charge is -2.28. The Kier molecular flexibility index (Phi) is 4.54. The van der Waals surface area contributed by atoms with E-state index in [0.717, 1.165) is 0 Å². The zero-order valence-electron chi connectivity index (χ0n) is 9.30. The quantitative estimate of drug-likeness (QED) is 0.408. The molecule has 90 valence electrons. The first kappa shape index (κ1) is 12.8. The molecule has 0 aromatic rings. The van der Waals surface area contributed by atoms with E-state index in [1.54, 1.807) is 12.2 Å². The molecule has 1 fully saturated rings. The molecule has 5 nitrogen and oxygen atoms in total. The van der Waals surface area contributed by atoms with E-state index in [9.17, 15) is 8.42 Å². The molecule has 0 aliphatic carbocycles. The van der Waals surface area contributed by atoms with E-state index in [2.05, 4.69) is 11.6 Å². The first-order valence-electron chi connectivity index (χ1n) is 4.92. The average Bonchev–Trinajstić information content (AvgIpc) is 2.25. The normalized spacial score (nSPS) is 21.1. The summed E-state index contributed by atoms with van der Waals surface area (Å²) < 4.78 is 27.3. The summed E-state index contributed by atoms with van der Waals surface area (Å²) >= 11 is 0. The second-order valence-electron chi connectivity index (χ2n) is 3.37. The number of nitrogens with zero attached hydrogens (tertiary/aromatic N) is 2. The highest BCUT2D eigenvalue weighted by Gasteiger charge is 2.22. The molecular weight excluding hydrogens is 228 g/mol. The van der Waals surface area contributed by atoms with Gasteiger partial charge in [0.1, 0.15) is 5.82 Å². The highest BCUT2D eigenvalue weighted by molar-refractivity contribution is 7.91. The van der Waals surface area contributed by atoms with Crippen LogP contribution in [0.3, 0.4) is 0 Å². The summed E-state index contributed by atoms with van der Waals surface area (Å²) in [5.41, 5.74) is 0. The van der Waals surface area contributed by atoms with Crippen molar-refractivity contribution in [3.63, 3.8) is 0 Å². The van der Waals surface area contributed by atoms with Crippen molar-refractivity contribution in [1.82, 2.24) is 4.90 Å². The predicted octanol–water partition coefficient (Wildman–Crippen LogP) is 0.419. The van der Waals surface area contributed by atoms with Crippen LogP contribution in [0.25, 0.3) is 0 Å². The van der Waals surface area contributed by atoms with Crippen molar-refractivity contribution >= 4 is 16.2 Å². The Labute approximate surface area is 96.0 Å². The van der Waals surface area contributed by atoms with Gasteiger partial charge in [-0.3, -0.25) is 0 Å². The Bertz CT molecular complexity index is 384. The van der Waals surface area contributed by atoms with Gasteiger partial charge in [-0.05, 0) is 6.08 Å². The van der Waals surface area contributed by atoms with Crippen LogP contribution in [0.5, 0.6) is 0 Å². The smallest absolute Gasteiger partial charge is 0.175 e. The van der Waals surface area contributed by atoms with Crippen molar-refractivity contribution in [2.24, 2.45) is 4.99 Å². The monoisotopic (exact) mass is 244 g/mol. The molecule has 0 saturated carbocycles. The van der Waals surface area contributed by atoms with Crippen LogP contribution in [0.1, 0.15) is 0 Å². The Hall–Kier alpha value is -1.30. The third-order valence-corrected chi connectivity index (χ3v) is 3.83. The number of sulfone groups is 1. The van der Waals surface area contributed by atoms with Crippen molar-refractivity contribution in [2.75, 3.05) is 31.7 Å². The summed E-state index contributed by atoms with van der Waals surface area (Å²) in [4.78, 5) is 5.98. The molecule has 1 rings (SSSR count). The molecule has 16 heavy (non-hydrogen) atoms. The van der Waals surface area contributed by atoms with Gasteiger partial charge in [0.25, 0.3) is 0 Å². The molecule has 0 unspecified atom stereocenters. The van der Waals surface area contributed by atoms with E-state index in [1.165, 1.54) is 13.5 Å². The van der Waals surface area contributed by atoms with Crippen molar-refractivity contribution in [1.29, 1.82) is 0 Å². The average molecular weight is 244 g/mol. The minimum absolute atomic E-state index is 0.171. The van der Waals surface area contributed by atoms with Gasteiger partial charge in [0, 0.05) is 13.1 Å². The minimum atomic E-state index is -2.86. The van der Waals surface area contributed by atoms with Gasteiger partial charge in [-0.2, -0.15) is 0 Å².